The molecule has 2 heteroatoms. The van der Waals surface area contributed by atoms with Gasteiger partial charge < -0.3 is 10.2 Å². The van der Waals surface area contributed by atoms with Crippen LogP contribution in [0.4, 0.5) is 0 Å². The highest BCUT2D eigenvalue weighted by molar-refractivity contribution is 6.31. The van der Waals surface area contributed by atoms with Gasteiger partial charge in [-0.3, -0.25) is 0 Å². The Labute approximate surface area is 126 Å². The zero-order chi connectivity index (χ0) is 14.8. The molecule has 0 fully saturated rings. The summed E-state index contributed by atoms with van der Waals surface area (Å²) >= 11 is 0. The van der Waals surface area contributed by atoms with E-state index < -0.39 is 0 Å². The first kappa shape index (κ1) is 11.6. The summed E-state index contributed by atoms with van der Waals surface area (Å²) in [5.74, 6) is 0.585. The Hall–Kier alpha value is -3.00. The number of hydrogen-bond acceptors (Lipinski definition) is 2. The monoisotopic (exact) mass is 284 g/mol. The van der Waals surface area contributed by atoms with Gasteiger partial charge in [-0.15, -0.1) is 0 Å². The number of hydrogen-bond donors (Lipinski definition) is 2. The van der Waals surface area contributed by atoms with Crippen LogP contribution >= 0.6 is 0 Å². The molecule has 0 bridgehead atoms. The molecule has 0 saturated carbocycles. The molecule has 0 amide bonds. The van der Waals surface area contributed by atoms with E-state index in [-0.39, 0.29) is 5.75 Å². The van der Waals surface area contributed by atoms with E-state index in [1.807, 2.05) is 60.7 Å². The Morgan fingerprint density at radius 2 is 1.32 bits per heavy atom. The number of benzene rings is 5. The molecule has 0 saturated heterocycles. The Morgan fingerprint density at radius 3 is 2.18 bits per heavy atom. The van der Waals surface area contributed by atoms with Crippen LogP contribution in [0.1, 0.15) is 0 Å². The van der Waals surface area contributed by atoms with E-state index in [4.69, 9.17) is 0 Å². The van der Waals surface area contributed by atoms with Gasteiger partial charge in [0.1, 0.15) is 11.5 Å². The predicted octanol–water partition coefficient (Wildman–Crippen LogP) is 5.15. The summed E-state index contributed by atoms with van der Waals surface area (Å²) in [6, 6.07) is 19.4. The highest BCUT2D eigenvalue weighted by atomic mass is 16.3. The van der Waals surface area contributed by atoms with Crippen LogP contribution in [-0.4, -0.2) is 10.2 Å². The summed E-state index contributed by atoms with van der Waals surface area (Å²) in [6.07, 6.45) is 0. The van der Waals surface area contributed by atoms with E-state index in [0.29, 0.717) is 5.75 Å². The fourth-order valence-electron chi connectivity index (χ4n) is 3.64. The normalized spacial score (nSPS) is 12.0. The van der Waals surface area contributed by atoms with Gasteiger partial charge in [0.05, 0.1) is 0 Å². The zero-order valence-electron chi connectivity index (χ0n) is 11.7. The van der Waals surface area contributed by atoms with Crippen molar-refractivity contribution in [2.24, 2.45) is 0 Å². The molecule has 5 aromatic carbocycles. The maximum atomic E-state index is 10.7. The van der Waals surface area contributed by atoms with Gasteiger partial charge in [0.25, 0.3) is 0 Å². The van der Waals surface area contributed by atoms with E-state index >= 15 is 0 Å². The Balaban J connectivity index is 2.27. The second kappa shape index (κ2) is 3.80. The first-order valence-corrected chi connectivity index (χ1v) is 7.26. The van der Waals surface area contributed by atoms with Crippen molar-refractivity contribution in [3.05, 3.63) is 60.7 Å². The molecule has 0 aromatic heterocycles. The third-order valence-electron chi connectivity index (χ3n) is 4.60. The van der Waals surface area contributed by atoms with Crippen molar-refractivity contribution in [2.45, 2.75) is 0 Å². The largest absolute Gasteiger partial charge is 0.507 e. The fraction of sp³-hybridized carbons (Fsp3) is 0. The minimum atomic E-state index is 0.279. The smallest absolute Gasteiger partial charge is 0.131 e. The molecule has 0 aliphatic carbocycles. The van der Waals surface area contributed by atoms with Gasteiger partial charge in [0.15, 0.2) is 0 Å². The SMILES string of the molecule is Oc1cc2c3ccccc3c(O)c3ccc4cccc1c4c32. The van der Waals surface area contributed by atoms with E-state index in [1.54, 1.807) is 0 Å². The first-order chi connectivity index (χ1) is 10.8. The summed E-state index contributed by atoms with van der Waals surface area (Å²) in [5, 5.41) is 28.6. The third kappa shape index (κ3) is 1.25. The first-order valence-electron chi connectivity index (χ1n) is 7.26. The van der Waals surface area contributed by atoms with Crippen LogP contribution in [-0.2, 0) is 0 Å². The molecule has 5 rings (SSSR count). The average Bonchev–Trinajstić information content (AvgIpc) is 2.56. The van der Waals surface area contributed by atoms with Crippen molar-refractivity contribution in [3.8, 4) is 11.5 Å². The summed E-state index contributed by atoms with van der Waals surface area (Å²) < 4.78 is 0. The molecule has 2 N–H and O–H groups in total. The van der Waals surface area contributed by atoms with Crippen molar-refractivity contribution < 1.29 is 10.2 Å². The Bertz CT molecular complexity index is 1190. The number of aromatic hydroxyl groups is 2. The van der Waals surface area contributed by atoms with Crippen molar-refractivity contribution in [2.75, 3.05) is 0 Å². The topological polar surface area (TPSA) is 40.5 Å². The predicted molar refractivity (Wildman–Crippen MR) is 91.0 cm³/mol. The van der Waals surface area contributed by atoms with Gasteiger partial charge in [0, 0.05) is 26.9 Å². The molecular weight excluding hydrogens is 272 g/mol. The molecule has 0 aliphatic heterocycles. The Kier molecular flexibility index (Phi) is 2.01. The summed E-state index contributed by atoms with van der Waals surface area (Å²) in [7, 11) is 0. The van der Waals surface area contributed by atoms with Crippen LogP contribution in [0.15, 0.2) is 60.7 Å². The number of phenols is 2. The quantitative estimate of drug-likeness (QED) is 0.305. The molecule has 2 nitrogen and oxygen atoms in total. The van der Waals surface area contributed by atoms with E-state index in [0.717, 1.165) is 43.1 Å². The van der Waals surface area contributed by atoms with Gasteiger partial charge in [-0.2, -0.15) is 0 Å². The van der Waals surface area contributed by atoms with Crippen LogP contribution in [0.3, 0.4) is 0 Å². The molecule has 0 spiro atoms. The van der Waals surface area contributed by atoms with Gasteiger partial charge in [0.2, 0.25) is 0 Å². The minimum absolute atomic E-state index is 0.279. The highest BCUT2D eigenvalue weighted by Gasteiger charge is 2.16. The number of fused-ring (bicyclic) bond motifs is 2. The Morgan fingerprint density at radius 1 is 0.545 bits per heavy atom. The lowest BCUT2D eigenvalue weighted by Crippen LogP contribution is -1.87. The average molecular weight is 284 g/mol. The molecule has 0 heterocycles. The highest BCUT2D eigenvalue weighted by Crippen LogP contribution is 2.45. The fourth-order valence-corrected chi connectivity index (χ4v) is 3.64. The second-order valence-electron chi connectivity index (χ2n) is 5.73. The van der Waals surface area contributed by atoms with Gasteiger partial charge in [-0.25, -0.2) is 0 Å². The lowest BCUT2D eigenvalue weighted by Gasteiger charge is -2.15. The van der Waals surface area contributed by atoms with E-state index in [2.05, 4.69) is 0 Å². The molecule has 5 aromatic rings. The van der Waals surface area contributed by atoms with Gasteiger partial charge >= 0.3 is 0 Å². The van der Waals surface area contributed by atoms with Crippen molar-refractivity contribution in [1.82, 2.24) is 0 Å². The van der Waals surface area contributed by atoms with E-state index in [9.17, 15) is 10.2 Å². The van der Waals surface area contributed by atoms with Crippen molar-refractivity contribution >= 4 is 43.1 Å². The van der Waals surface area contributed by atoms with Gasteiger partial charge in [-0.1, -0.05) is 48.5 Å². The van der Waals surface area contributed by atoms with Crippen LogP contribution in [0.25, 0.3) is 43.1 Å². The molecule has 104 valence electrons. The lowest BCUT2D eigenvalue weighted by atomic mass is 9.90. The summed E-state index contributed by atoms with van der Waals surface area (Å²) in [5.41, 5.74) is 0. The molecule has 0 aliphatic rings. The van der Waals surface area contributed by atoms with Crippen LogP contribution in [0.5, 0.6) is 11.5 Å². The molecular formula is C20H12O2. The van der Waals surface area contributed by atoms with Crippen LogP contribution in [0, 0.1) is 0 Å². The standard InChI is InChI=1S/C20H12O2/c21-17-10-16-12-5-1-2-6-13(12)20(22)15-9-8-11-4-3-7-14(17)18(11)19(15)16/h1-10,21-22H. The maximum Gasteiger partial charge on any atom is 0.131 e. The molecule has 0 atom stereocenters. The van der Waals surface area contributed by atoms with Crippen LogP contribution < -0.4 is 0 Å². The maximum absolute atomic E-state index is 10.7. The minimum Gasteiger partial charge on any atom is -0.507 e. The van der Waals surface area contributed by atoms with Crippen LogP contribution in [0.2, 0.25) is 0 Å². The number of rotatable bonds is 0. The van der Waals surface area contributed by atoms with Crippen molar-refractivity contribution in [1.29, 1.82) is 0 Å². The van der Waals surface area contributed by atoms with E-state index in [1.165, 1.54) is 0 Å². The summed E-state index contributed by atoms with van der Waals surface area (Å²) in [6.45, 7) is 0. The second-order valence-corrected chi connectivity index (χ2v) is 5.73. The van der Waals surface area contributed by atoms with Crippen molar-refractivity contribution in [3.63, 3.8) is 0 Å². The molecule has 0 unspecified atom stereocenters. The lowest BCUT2D eigenvalue weighted by molar-refractivity contribution is 0.482. The zero-order valence-corrected chi connectivity index (χ0v) is 11.7. The molecule has 22 heavy (non-hydrogen) atoms. The molecule has 0 radical (unpaired) electrons. The third-order valence-corrected chi connectivity index (χ3v) is 4.60. The summed E-state index contributed by atoms with van der Waals surface area (Å²) in [4.78, 5) is 0. The number of phenolic OH excluding ortho intramolecular Hbond substituents is 2. The van der Waals surface area contributed by atoms with Gasteiger partial charge in [-0.05, 0) is 28.3 Å².